The monoisotopic (exact) mass is 301 g/mol. The lowest BCUT2D eigenvalue weighted by Gasteiger charge is -2.01. The smallest absolute Gasteiger partial charge is 0.270 e. The minimum Gasteiger partial charge on any atom is -0.395 e. The molecule has 1 amide bonds. The first-order valence-electron chi connectivity index (χ1n) is 6.60. The number of hydrogen-bond acceptors (Lipinski definition) is 4. The molecule has 5 nitrogen and oxygen atoms in total. The number of amides is 1. The third-order valence-corrected chi connectivity index (χ3v) is 4.17. The lowest BCUT2D eigenvalue weighted by atomic mass is 10.2. The average molecular weight is 301 g/mol. The van der Waals surface area contributed by atoms with Crippen LogP contribution < -0.4 is 5.32 Å². The quantitative estimate of drug-likeness (QED) is 0.775. The van der Waals surface area contributed by atoms with Gasteiger partial charge in [0.2, 0.25) is 0 Å². The number of carbonyl (C=O) groups is 1. The zero-order valence-electron chi connectivity index (χ0n) is 11.5. The summed E-state index contributed by atoms with van der Waals surface area (Å²) in [5.41, 5.74) is 2.50. The standard InChI is InChI=1S/C15H15N3O2S/c1-18-12-5-3-2-4-10(12)8-13(18)15-17-11(9-21-15)14(20)16-6-7-19/h2-5,8-9,19H,6-7H2,1H3,(H,16,20). The van der Waals surface area contributed by atoms with E-state index in [4.69, 9.17) is 5.11 Å². The van der Waals surface area contributed by atoms with Crippen LogP contribution in [0, 0.1) is 0 Å². The van der Waals surface area contributed by atoms with Crippen LogP contribution in [-0.2, 0) is 7.05 Å². The maximum absolute atomic E-state index is 11.8. The highest BCUT2D eigenvalue weighted by Gasteiger charge is 2.14. The van der Waals surface area contributed by atoms with Crippen LogP contribution in [0.3, 0.4) is 0 Å². The zero-order valence-corrected chi connectivity index (χ0v) is 12.4. The Labute approximate surface area is 125 Å². The van der Waals surface area contributed by atoms with E-state index in [0.717, 1.165) is 21.6 Å². The molecule has 0 aliphatic carbocycles. The number of aromatic nitrogens is 2. The predicted molar refractivity (Wildman–Crippen MR) is 83.4 cm³/mol. The number of nitrogens with one attached hydrogen (secondary N) is 1. The highest BCUT2D eigenvalue weighted by Crippen LogP contribution is 2.29. The number of para-hydroxylation sites is 1. The van der Waals surface area contributed by atoms with Gasteiger partial charge in [-0.25, -0.2) is 4.98 Å². The molecule has 3 rings (SSSR count). The molecule has 0 saturated heterocycles. The highest BCUT2D eigenvalue weighted by molar-refractivity contribution is 7.13. The zero-order chi connectivity index (χ0) is 14.8. The highest BCUT2D eigenvalue weighted by atomic mass is 32.1. The van der Waals surface area contributed by atoms with Crippen LogP contribution in [0.2, 0.25) is 0 Å². The molecule has 0 radical (unpaired) electrons. The summed E-state index contributed by atoms with van der Waals surface area (Å²) in [4.78, 5) is 16.2. The predicted octanol–water partition coefficient (Wildman–Crippen LogP) is 2.02. The number of carbonyl (C=O) groups excluding carboxylic acids is 1. The number of benzene rings is 1. The molecule has 0 unspecified atom stereocenters. The van der Waals surface area contributed by atoms with Crippen LogP contribution >= 0.6 is 11.3 Å². The summed E-state index contributed by atoms with van der Waals surface area (Å²) in [6.07, 6.45) is 0. The van der Waals surface area contributed by atoms with E-state index >= 15 is 0 Å². The first-order valence-corrected chi connectivity index (χ1v) is 7.48. The molecule has 21 heavy (non-hydrogen) atoms. The number of hydrogen-bond donors (Lipinski definition) is 2. The molecule has 0 bridgehead atoms. The van der Waals surface area contributed by atoms with Gasteiger partial charge in [-0.15, -0.1) is 11.3 Å². The van der Waals surface area contributed by atoms with Crippen LogP contribution in [0.4, 0.5) is 0 Å². The molecular weight excluding hydrogens is 286 g/mol. The van der Waals surface area contributed by atoms with E-state index in [2.05, 4.69) is 33.1 Å². The number of aryl methyl sites for hydroxylation is 1. The molecule has 0 spiro atoms. The molecule has 1 aromatic carbocycles. The minimum atomic E-state index is -0.259. The normalized spacial score (nSPS) is 11.0. The minimum absolute atomic E-state index is 0.0774. The maximum Gasteiger partial charge on any atom is 0.270 e. The molecule has 6 heteroatoms. The van der Waals surface area contributed by atoms with Crippen molar-refractivity contribution in [1.82, 2.24) is 14.9 Å². The molecule has 0 aliphatic rings. The Balaban J connectivity index is 1.95. The summed E-state index contributed by atoms with van der Waals surface area (Å²) in [7, 11) is 1.99. The van der Waals surface area contributed by atoms with Crippen molar-refractivity contribution in [2.75, 3.05) is 13.2 Å². The number of aliphatic hydroxyl groups excluding tert-OH is 1. The lowest BCUT2D eigenvalue weighted by molar-refractivity contribution is 0.0940. The largest absolute Gasteiger partial charge is 0.395 e. The van der Waals surface area contributed by atoms with Gasteiger partial charge in [0.05, 0.1) is 12.3 Å². The van der Waals surface area contributed by atoms with Crippen molar-refractivity contribution in [1.29, 1.82) is 0 Å². The fraction of sp³-hybridized carbons (Fsp3) is 0.200. The Kier molecular flexibility index (Phi) is 3.72. The van der Waals surface area contributed by atoms with E-state index < -0.39 is 0 Å². The molecule has 0 saturated carbocycles. The first kappa shape index (κ1) is 13.8. The molecule has 2 heterocycles. The van der Waals surface area contributed by atoms with Gasteiger partial charge >= 0.3 is 0 Å². The molecular formula is C15H15N3O2S. The van der Waals surface area contributed by atoms with E-state index in [0.29, 0.717) is 5.69 Å². The van der Waals surface area contributed by atoms with Gasteiger partial charge in [0.1, 0.15) is 10.7 Å². The number of thiazole rings is 1. The Bertz CT molecular complexity index is 791. The number of nitrogens with zero attached hydrogens (tertiary/aromatic N) is 2. The van der Waals surface area contributed by atoms with Crippen molar-refractivity contribution in [2.45, 2.75) is 0 Å². The molecule has 2 N–H and O–H groups in total. The molecule has 2 aromatic heterocycles. The molecule has 0 aliphatic heterocycles. The van der Waals surface area contributed by atoms with Gasteiger partial charge in [-0.2, -0.15) is 0 Å². The van der Waals surface area contributed by atoms with E-state index in [9.17, 15) is 4.79 Å². The van der Waals surface area contributed by atoms with Crippen molar-refractivity contribution < 1.29 is 9.90 Å². The van der Waals surface area contributed by atoms with E-state index in [1.165, 1.54) is 11.3 Å². The van der Waals surface area contributed by atoms with Crippen LogP contribution in [-0.4, -0.2) is 33.7 Å². The molecule has 0 fully saturated rings. The SMILES string of the molecule is Cn1c(-c2nc(C(=O)NCCO)cs2)cc2ccccc21. The van der Waals surface area contributed by atoms with E-state index in [-0.39, 0.29) is 19.1 Å². The van der Waals surface area contributed by atoms with Crippen molar-refractivity contribution >= 4 is 28.1 Å². The fourth-order valence-electron chi connectivity index (χ4n) is 2.25. The van der Waals surface area contributed by atoms with Gasteiger partial charge in [0.15, 0.2) is 0 Å². The average Bonchev–Trinajstić information content (AvgIpc) is 3.10. The van der Waals surface area contributed by atoms with Crippen molar-refractivity contribution in [3.63, 3.8) is 0 Å². The van der Waals surface area contributed by atoms with Gasteiger partial charge < -0.3 is 15.0 Å². The van der Waals surface area contributed by atoms with Crippen LogP contribution in [0.5, 0.6) is 0 Å². The van der Waals surface area contributed by atoms with E-state index in [1.54, 1.807) is 5.38 Å². The Morgan fingerprint density at radius 1 is 1.43 bits per heavy atom. The van der Waals surface area contributed by atoms with Crippen LogP contribution in [0.15, 0.2) is 35.7 Å². The molecule has 3 aromatic rings. The number of rotatable bonds is 4. The Morgan fingerprint density at radius 2 is 2.24 bits per heavy atom. The summed E-state index contributed by atoms with van der Waals surface area (Å²) < 4.78 is 2.07. The van der Waals surface area contributed by atoms with Crippen molar-refractivity contribution in [3.8, 4) is 10.7 Å². The third-order valence-electron chi connectivity index (χ3n) is 3.30. The fourth-order valence-corrected chi connectivity index (χ4v) is 3.10. The van der Waals surface area contributed by atoms with Gasteiger partial charge in [-0.05, 0) is 12.1 Å². The Hall–Kier alpha value is -2.18. The summed E-state index contributed by atoms with van der Waals surface area (Å²) >= 11 is 1.44. The van der Waals surface area contributed by atoms with Gasteiger partial charge in [-0.3, -0.25) is 4.79 Å². The summed E-state index contributed by atoms with van der Waals surface area (Å²) in [5, 5.41) is 15.0. The van der Waals surface area contributed by atoms with Crippen molar-refractivity contribution in [2.24, 2.45) is 7.05 Å². The second-order valence-corrected chi connectivity index (χ2v) is 5.52. The van der Waals surface area contributed by atoms with Gasteiger partial charge in [0.25, 0.3) is 5.91 Å². The summed E-state index contributed by atoms with van der Waals surface area (Å²) in [6.45, 7) is 0.158. The number of aliphatic hydroxyl groups is 1. The summed E-state index contributed by atoms with van der Waals surface area (Å²) in [5.74, 6) is -0.259. The second kappa shape index (κ2) is 5.67. The van der Waals surface area contributed by atoms with Gasteiger partial charge in [-0.1, -0.05) is 18.2 Å². The first-order chi connectivity index (χ1) is 10.2. The summed E-state index contributed by atoms with van der Waals surface area (Å²) in [6, 6.07) is 10.2. The van der Waals surface area contributed by atoms with E-state index in [1.807, 2.05) is 19.2 Å². The number of fused-ring (bicyclic) bond motifs is 1. The second-order valence-electron chi connectivity index (χ2n) is 4.66. The van der Waals surface area contributed by atoms with Crippen LogP contribution in [0.1, 0.15) is 10.5 Å². The molecule has 108 valence electrons. The van der Waals surface area contributed by atoms with Crippen molar-refractivity contribution in [3.05, 3.63) is 41.4 Å². The topological polar surface area (TPSA) is 67.2 Å². The maximum atomic E-state index is 11.8. The molecule has 0 atom stereocenters. The Morgan fingerprint density at radius 3 is 3.00 bits per heavy atom. The van der Waals surface area contributed by atoms with Gasteiger partial charge in [0, 0.05) is 29.9 Å². The lowest BCUT2D eigenvalue weighted by Crippen LogP contribution is -2.26. The third kappa shape index (κ3) is 2.55. The van der Waals surface area contributed by atoms with Crippen LogP contribution in [0.25, 0.3) is 21.6 Å².